The van der Waals surface area contributed by atoms with Crippen molar-refractivity contribution in [3.8, 4) is 0 Å². The number of hydrogen-bond donors (Lipinski definition) is 0. The van der Waals surface area contributed by atoms with E-state index in [1.54, 1.807) is 0 Å². The van der Waals surface area contributed by atoms with Gasteiger partial charge in [-0.1, -0.05) is 79.4 Å². The summed E-state index contributed by atoms with van der Waals surface area (Å²) in [5.74, 6) is 3.68. The molecule has 0 N–H and O–H groups in total. The maximum Gasteiger partial charge on any atom is 0.00118 e. The van der Waals surface area contributed by atoms with Crippen molar-refractivity contribution in [1.29, 1.82) is 0 Å². The number of allylic oxidation sites excluding steroid dienone is 2. The molecule has 6 bridgehead atoms. The normalized spacial score (nSPS) is 49.5. The Kier molecular flexibility index (Phi) is 5.49. The van der Waals surface area contributed by atoms with E-state index in [9.17, 15) is 0 Å². The molecule has 0 aromatic rings. The second-order valence-electron chi connectivity index (χ2n) is 10.8. The van der Waals surface area contributed by atoms with Gasteiger partial charge in [0.05, 0.1) is 0 Å². The lowest BCUT2D eigenvalue weighted by atomic mass is 9.53. The maximum absolute atomic E-state index is 2.71. The van der Waals surface area contributed by atoms with Gasteiger partial charge in [-0.2, -0.15) is 0 Å². The first kappa shape index (κ1) is 20.5. The van der Waals surface area contributed by atoms with Crippen molar-refractivity contribution in [3.05, 3.63) is 11.1 Å². The van der Waals surface area contributed by atoms with Gasteiger partial charge >= 0.3 is 0 Å². The van der Waals surface area contributed by atoms with Crippen molar-refractivity contribution in [2.24, 2.45) is 39.9 Å². The average molecular weight is 359 g/mol. The van der Waals surface area contributed by atoms with Gasteiger partial charge in [0, 0.05) is 5.41 Å². The van der Waals surface area contributed by atoms with Gasteiger partial charge in [-0.3, -0.25) is 0 Å². The van der Waals surface area contributed by atoms with Crippen LogP contribution in [0.4, 0.5) is 0 Å². The lowest BCUT2D eigenvalue weighted by Gasteiger charge is -2.51. The molecule has 0 heterocycles. The van der Waals surface area contributed by atoms with E-state index < -0.39 is 0 Å². The molecule has 0 aromatic carbocycles. The second kappa shape index (κ2) is 6.97. The Morgan fingerprint density at radius 3 is 2.27 bits per heavy atom. The summed E-state index contributed by atoms with van der Waals surface area (Å²) < 4.78 is 0. The van der Waals surface area contributed by atoms with Crippen LogP contribution in [0.5, 0.6) is 0 Å². The second-order valence-corrected chi connectivity index (χ2v) is 10.8. The van der Waals surface area contributed by atoms with E-state index in [0.717, 1.165) is 23.7 Å². The highest BCUT2D eigenvalue weighted by molar-refractivity contribution is 5.46. The minimum Gasteiger partial charge on any atom is -0.0698 e. The fourth-order valence-electron chi connectivity index (χ4n) is 8.24. The maximum atomic E-state index is 2.71. The molecule has 0 spiro atoms. The van der Waals surface area contributed by atoms with Gasteiger partial charge in [0.2, 0.25) is 0 Å². The molecule has 6 rings (SSSR count). The number of hydrogen-bond acceptors (Lipinski definition) is 0. The average Bonchev–Trinajstić information content (AvgIpc) is 3.23. The van der Waals surface area contributed by atoms with E-state index in [2.05, 4.69) is 41.5 Å². The minimum atomic E-state index is 0.553. The Labute approximate surface area is 164 Å². The van der Waals surface area contributed by atoms with Gasteiger partial charge in [0.15, 0.2) is 0 Å². The highest BCUT2D eigenvalue weighted by atomic mass is 14.7. The van der Waals surface area contributed by atoms with E-state index >= 15 is 0 Å². The highest BCUT2D eigenvalue weighted by Gasteiger charge is 2.69. The standard InChI is InChI=1S/C24H40.C2H6/c1-7-19(8-2)24-12-11-22(5)14-16(3)13-18-10-9-17(4)23(22,6)15-20(24)21(18)24;1-2/h16-17,19-20H,7-15H2,1-6H3;1-2H3/b21-18-;. The summed E-state index contributed by atoms with van der Waals surface area (Å²) in [6, 6.07) is 0. The largest absolute Gasteiger partial charge is 0.0698 e. The molecule has 150 valence electrons. The summed E-state index contributed by atoms with van der Waals surface area (Å²) in [5, 5.41) is 0. The lowest BCUT2D eigenvalue weighted by molar-refractivity contribution is -0.0180. The van der Waals surface area contributed by atoms with Crippen molar-refractivity contribution in [1.82, 2.24) is 0 Å². The predicted octanol–water partition coefficient (Wildman–Crippen LogP) is 8.42. The summed E-state index contributed by atoms with van der Waals surface area (Å²) in [5.41, 5.74) is 5.71. The third kappa shape index (κ3) is 2.60. The van der Waals surface area contributed by atoms with Gasteiger partial charge < -0.3 is 0 Å². The van der Waals surface area contributed by atoms with E-state index in [0.29, 0.717) is 16.2 Å². The molecule has 26 heavy (non-hydrogen) atoms. The first-order valence-corrected chi connectivity index (χ1v) is 12.0. The van der Waals surface area contributed by atoms with E-state index in [1.807, 2.05) is 25.0 Å². The van der Waals surface area contributed by atoms with Crippen LogP contribution < -0.4 is 0 Å². The molecule has 0 aliphatic heterocycles. The van der Waals surface area contributed by atoms with Crippen LogP contribution >= 0.6 is 0 Å². The third-order valence-electron chi connectivity index (χ3n) is 9.94. The molecule has 6 atom stereocenters. The molecule has 0 radical (unpaired) electrons. The fraction of sp³-hybridized carbons (Fsp3) is 0.923. The molecule has 0 saturated heterocycles. The van der Waals surface area contributed by atoms with Crippen molar-refractivity contribution < 1.29 is 0 Å². The minimum absolute atomic E-state index is 0.553. The van der Waals surface area contributed by atoms with Gasteiger partial charge in [-0.05, 0) is 79.4 Å². The summed E-state index contributed by atoms with van der Waals surface area (Å²) in [7, 11) is 0. The van der Waals surface area contributed by atoms with Crippen LogP contribution in [-0.2, 0) is 0 Å². The van der Waals surface area contributed by atoms with Crippen LogP contribution in [0.25, 0.3) is 0 Å². The molecule has 0 aromatic heterocycles. The molecular formula is C26H46. The van der Waals surface area contributed by atoms with Gasteiger partial charge in [0.1, 0.15) is 0 Å². The quantitative estimate of drug-likeness (QED) is 0.444. The van der Waals surface area contributed by atoms with Crippen LogP contribution in [-0.4, -0.2) is 0 Å². The fourth-order valence-corrected chi connectivity index (χ4v) is 8.24. The monoisotopic (exact) mass is 358 g/mol. The zero-order chi connectivity index (χ0) is 19.3. The zero-order valence-electron chi connectivity index (χ0n) is 19.2. The topological polar surface area (TPSA) is 0 Å². The van der Waals surface area contributed by atoms with E-state index in [1.165, 1.54) is 57.8 Å². The van der Waals surface area contributed by atoms with Crippen LogP contribution in [0.1, 0.15) is 113 Å². The SMILES string of the molecule is CC.CCC(CC)C12CCC3(C)CC(C)C/C4=C\1C2CC3(C)C(C)CC4. The van der Waals surface area contributed by atoms with Crippen molar-refractivity contribution >= 4 is 0 Å². The zero-order valence-corrected chi connectivity index (χ0v) is 19.2. The van der Waals surface area contributed by atoms with E-state index in [4.69, 9.17) is 0 Å². The van der Waals surface area contributed by atoms with Crippen LogP contribution in [0.3, 0.4) is 0 Å². The smallest absolute Gasteiger partial charge is 0.00118 e. The molecule has 0 nitrogen and oxygen atoms in total. The molecule has 6 aliphatic carbocycles. The van der Waals surface area contributed by atoms with Crippen LogP contribution in [0.2, 0.25) is 0 Å². The summed E-state index contributed by atoms with van der Waals surface area (Å²) >= 11 is 0. The first-order chi connectivity index (χ1) is 12.3. The Balaban J connectivity index is 0.000000948. The van der Waals surface area contributed by atoms with Gasteiger partial charge in [-0.15, -0.1) is 0 Å². The predicted molar refractivity (Wildman–Crippen MR) is 115 cm³/mol. The number of rotatable bonds is 3. The van der Waals surface area contributed by atoms with Gasteiger partial charge in [-0.25, -0.2) is 0 Å². The number of fused-ring (bicyclic) bond motifs is 3. The molecule has 0 amide bonds. The van der Waals surface area contributed by atoms with Crippen molar-refractivity contribution in [3.63, 3.8) is 0 Å². The Morgan fingerprint density at radius 1 is 1.00 bits per heavy atom. The molecule has 6 aliphatic rings. The van der Waals surface area contributed by atoms with Crippen molar-refractivity contribution in [2.75, 3.05) is 0 Å². The molecule has 3 saturated carbocycles. The van der Waals surface area contributed by atoms with Crippen molar-refractivity contribution in [2.45, 2.75) is 113 Å². The molecule has 3 fully saturated rings. The Bertz CT molecular complexity index is 552. The van der Waals surface area contributed by atoms with Gasteiger partial charge in [0.25, 0.3) is 0 Å². The van der Waals surface area contributed by atoms with Crippen LogP contribution in [0, 0.1) is 39.9 Å². The summed E-state index contributed by atoms with van der Waals surface area (Å²) in [6.45, 7) is 19.5. The van der Waals surface area contributed by atoms with Crippen LogP contribution in [0.15, 0.2) is 11.1 Å². The summed E-state index contributed by atoms with van der Waals surface area (Å²) in [4.78, 5) is 0. The van der Waals surface area contributed by atoms with E-state index in [-0.39, 0.29) is 0 Å². The highest BCUT2D eigenvalue weighted by Crippen LogP contribution is 2.78. The Morgan fingerprint density at radius 2 is 1.65 bits per heavy atom. The molecular weight excluding hydrogens is 312 g/mol. The lowest BCUT2D eigenvalue weighted by Crippen LogP contribution is -2.43. The summed E-state index contributed by atoms with van der Waals surface area (Å²) in [6.07, 6.45) is 13.0. The molecule has 6 unspecified atom stereocenters. The first-order valence-electron chi connectivity index (χ1n) is 12.0. The molecule has 0 heteroatoms. The third-order valence-corrected chi connectivity index (χ3v) is 9.94. The Hall–Kier alpha value is -0.260.